The molecule has 0 heterocycles. The molecule has 1 aromatic rings. The highest BCUT2D eigenvalue weighted by molar-refractivity contribution is 9.10. The van der Waals surface area contributed by atoms with Gasteiger partial charge in [0.05, 0.1) is 6.61 Å². The molecule has 0 spiro atoms. The van der Waals surface area contributed by atoms with E-state index in [1.807, 2.05) is 6.92 Å². The van der Waals surface area contributed by atoms with Gasteiger partial charge in [0.2, 0.25) is 0 Å². The van der Waals surface area contributed by atoms with Crippen LogP contribution in [0.1, 0.15) is 37.7 Å². The van der Waals surface area contributed by atoms with E-state index in [1.165, 1.54) is 11.1 Å². The van der Waals surface area contributed by atoms with Crippen LogP contribution in [-0.2, 0) is 9.53 Å². The molecule has 3 heteroatoms. The van der Waals surface area contributed by atoms with Crippen LogP contribution in [0.5, 0.6) is 0 Å². The second kappa shape index (κ2) is 6.19. The van der Waals surface area contributed by atoms with Crippen LogP contribution < -0.4 is 0 Å². The van der Waals surface area contributed by atoms with Crippen LogP contribution in [0.25, 0.3) is 0 Å². The highest BCUT2D eigenvalue weighted by atomic mass is 79.9. The van der Waals surface area contributed by atoms with Crippen molar-refractivity contribution in [3.05, 3.63) is 46.0 Å². The number of carbonyl (C=O) groups excluding carboxylic acids is 1. The van der Waals surface area contributed by atoms with Gasteiger partial charge in [0.15, 0.2) is 0 Å². The van der Waals surface area contributed by atoms with Gasteiger partial charge in [-0.3, -0.25) is 0 Å². The zero-order valence-electron chi connectivity index (χ0n) is 10.5. The van der Waals surface area contributed by atoms with Crippen LogP contribution in [0.3, 0.4) is 0 Å². The second-order valence-corrected chi connectivity index (χ2v) is 5.46. The van der Waals surface area contributed by atoms with Gasteiger partial charge < -0.3 is 4.74 Å². The number of hydrogen-bond donors (Lipinski definition) is 0. The molecule has 0 saturated heterocycles. The van der Waals surface area contributed by atoms with E-state index in [2.05, 4.69) is 40.2 Å². The zero-order valence-corrected chi connectivity index (χ0v) is 12.1. The predicted molar refractivity (Wildman–Crippen MR) is 75.5 cm³/mol. The van der Waals surface area contributed by atoms with Gasteiger partial charge in [-0.25, -0.2) is 4.79 Å². The monoisotopic (exact) mass is 308 g/mol. The average molecular weight is 309 g/mol. The molecule has 1 aliphatic carbocycles. The van der Waals surface area contributed by atoms with E-state index in [0.29, 0.717) is 12.5 Å². The molecule has 1 unspecified atom stereocenters. The molecule has 0 N–H and O–H groups in total. The van der Waals surface area contributed by atoms with Gasteiger partial charge in [-0.05, 0) is 49.8 Å². The Hall–Kier alpha value is -1.09. The summed E-state index contributed by atoms with van der Waals surface area (Å²) in [5, 5.41) is 0. The van der Waals surface area contributed by atoms with E-state index in [9.17, 15) is 4.79 Å². The molecular weight excluding hydrogens is 292 g/mol. The van der Waals surface area contributed by atoms with E-state index in [-0.39, 0.29) is 5.97 Å². The summed E-state index contributed by atoms with van der Waals surface area (Å²) in [7, 11) is 0. The standard InChI is InChI=1S/C15H17BrO2/c1-2-18-15(17)10-11-3-4-13(9-11)12-5-7-14(16)8-6-12/h5-8,10,13H,2-4,9H2,1H3. The van der Waals surface area contributed by atoms with Crippen molar-refractivity contribution in [1.29, 1.82) is 0 Å². The first-order valence-corrected chi connectivity index (χ1v) is 7.10. The lowest BCUT2D eigenvalue weighted by molar-refractivity contribution is -0.137. The van der Waals surface area contributed by atoms with Crippen molar-refractivity contribution < 1.29 is 9.53 Å². The lowest BCUT2D eigenvalue weighted by Gasteiger charge is -2.08. The summed E-state index contributed by atoms with van der Waals surface area (Å²) in [4.78, 5) is 11.4. The Morgan fingerprint density at radius 3 is 2.83 bits per heavy atom. The maximum absolute atomic E-state index is 11.4. The highest BCUT2D eigenvalue weighted by Crippen LogP contribution is 2.38. The van der Waals surface area contributed by atoms with Gasteiger partial charge in [0.1, 0.15) is 0 Å². The Morgan fingerprint density at radius 1 is 1.44 bits per heavy atom. The molecule has 2 nitrogen and oxygen atoms in total. The third-order valence-corrected chi connectivity index (χ3v) is 3.80. The van der Waals surface area contributed by atoms with Gasteiger partial charge in [-0.15, -0.1) is 0 Å². The van der Waals surface area contributed by atoms with Crippen molar-refractivity contribution in [2.45, 2.75) is 32.1 Å². The second-order valence-electron chi connectivity index (χ2n) is 4.55. The highest BCUT2D eigenvalue weighted by Gasteiger charge is 2.21. The number of hydrogen-bond acceptors (Lipinski definition) is 2. The smallest absolute Gasteiger partial charge is 0.330 e. The Kier molecular flexibility index (Phi) is 4.59. The van der Waals surface area contributed by atoms with Gasteiger partial charge in [-0.1, -0.05) is 33.6 Å². The molecule has 1 aliphatic rings. The molecule has 0 aromatic heterocycles. The molecule has 96 valence electrons. The van der Waals surface area contributed by atoms with Gasteiger partial charge in [0, 0.05) is 10.5 Å². The van der Waals surface area contributed by atoms with Crippen LogP contribution in [0.4, 0.5) is 0 Å². The summed E-state index contributed by atoms with van der Waals surface area (Å²) in [6, 6.07) is 8.45. The number of rotatable bonds is 3. The van der Waals surface area contributed by atoms with E-state index in [1.54, 1.807) is 6.08 Å². The van der Waals surface area contributed by atoms with Crippen molar-refractivity contribution in [3.63, 3.8) is 0 Å². The average Bonchev–Trinajstić information content (AvgIpc) is 2.78. The van der Waals surface area contributed by atoms with Crippen LogP contribution in [-0.4, -0.2) is 12.6 Å². The maximum atomic E-state index is 11.4. The topological polar surface area (TPSA) is 26.3 Å². The largest absolute Gasteiger partial charge is 0.463 e. The fraction of sp³-hybridized carbons (Fsp3) is 0.400. The first-order valence-electron chi connectivity index (χ1n) is 6.30. The molecule has 18 heavy (non-hydrogen) atoms. The minimum absolute atomic E-state index is 0.205. The maximum Gasteiger partial charge on any atom is 0.330 e. The summed E-state index contributed by atoms with van der Waals surface area (Å²) in [6.45, 7) is 2.27. The minimum Gasteiger partial charge on any atom is -0.463 e. The molecule has 2 rings (SSSR count). The fourth-order valence-electron chi connectivity index (χ4n) is 2.38. The molecule has 1 aromatic carbocycles. The Labute approximate surface area is 116 Å². The van der Waals surface area contributed by atoms with Crippen LogP contribution in [0.15, 0.2) is 40.4 Å². The summed E-state index contributed by atoms with van der Waals surface area (Å²) in [6.07, 6.45) is 4.76. The zero-order chi connectivity index (χ0) is 13.0. The normalized spacial score (nSPS) is 21.2. The lowest BCUT2D eigenvalue weighted by atomic mass is 9.97. The Bertz CT molecular complexity index is 448. The third kappa shape index (κ3) is 3.45. The SMILES string of the molecule is CCOC(=O)C=C1CCC(c2ccc(Br)cc2)C1. The van der Waals surface area contributed by atoms with Crippen LogP contribution >= 0.6 is 15.9 Å². The van der Waals surface area contributed by atoms with Gasteiger partial charge in [0.25, 0.3) is 0 Å². The molecule has 1 atom stereocenters. The number of halogens is 1. The van der Waals surface area contributed by atoms with E-state index < -0.39 is 0 Å². The number of carbonyl (C=O) groups is 1. The number of esters is 1. The van der Waals surface area contributed by atoms with Crippen LogP contribution in [0.2, 0.25) is 0 Å². The predicted octanol–water partition coefficient (Wildman–Crippen LogP) is 4.21. The summed E-state index contributed by atoms with van der Waals surface area (Å²) >= 11 is 3.44. The molecular formula is C15H17BrO2. The third-order valence-electron chi connectivity index (χ3n) is 3.27. The molecule has 1 fully saturated rings. The van der Waals surface area contributed by atoms with Crippen molar-refractivity contribution in [2.75, 3.05) is 6.61 Å². The van der Waals surface area contributed by atoms with Gasteiger partial charge in [-0.2, -0.15) is 0 Å². The number of ether oxygens (including phenoxy) is 1. The van der Waals surface area contributed by atoms with Crippen LogP contribution in [0, 0.1) is 0 Å². The van der Waals surface area contributed by atoms with Crippen molar-refractivity contribution >= 4 is 21.9 Å². The molecule has 0 bridgehead atoms. The van der Waals surface area contributed by atoms with E-state index in [4.69, 9.17) is 4.74 Å². The van der Waals surface area contributed by atoms with Crippen molar-refractivity contribution in [3.8, 4) is 0 Å². The summed E-state index contributed by atoms with van der Waals surface area (Å²) in [5.41, 5.74) is 2.56. The summed E-state index contributed by atoms with van der Waals surface area (Å²) in [5.74, 6) is 0.336. The van der Waals surface area contributed by atoms with E-state index in [0.717, 1.165) is 23.7 Å². The first-order chi connectivity index (χ1) is 8.69. The Morgan fingerprint density at radius 2 is 2.17 bits per heavy atom. The quantitative estimate of drug-likeness (QED) is 0.618. The Balaban J connectivity index is 2.00. The molecule has 1 saturated carbocycles. The van der Waals surface area contributed by atoms with Crippen molar-refractivity contribution in [1.82, 2.24) is 0 Å². The summed E-state index contributed by atoms with van der Waals surface area (Å²) < 4.78 is 6.04. The molecule has 0 amide bonds. The lowest BCUT2D eigenvalue weighted by Crippen LogP contribution is -2.00. The van der Waals surface area contributed by atoms with Crippen molar-refractivity contribution in [2.24, 2.45) is 0 Å². The number of benzene rings is 1. The van der Waals surface area contributed by atoms with E-state index >= 15 is 0 Å². The fourth-order valence-corrected chi connectivity index (χ4v) is 2.65. The molecule has 0 aliphatic heterocycles. The molecule has 0 radical (unpaired) electrons. The van der Waals surface area contributed by atoms with Gasteiger partial charge >= 0.3 is 5.97 Å². The first kappa shape index (κ1) is 13.3. The number of allylic oxidation sites excluding steroid dienone is 1. The minimum atomic E-state index is -0.205.